The largest absolute Gasteiger partial charge is 0.463 e. The standard InChI is InChI=1S/C29H25N3O6S/c1-17-8-9-20(12-18(17)2)30-26(33)16-32-27(34)25(39-29(32)36)13-19-14-31(23-7-5-4-6-22(19)23)15-21-10-11-24(38-21)28(35)37-3/h4-14H,15-16H2,1-3H3,(H,30,33)/b25-13-. The molecule has 9 nitrogen and oxygen atoms in total. The summed E-state index contributed by atoms with van der Waals surface area (Å²) in [6.45, 7) is 3.88. The second-order valence-corrected chi connectivity index (χ2v) is 10.1. The van der Waals surface area contributed by atoms with Crippen molar-refractivity contribution in [2.24, 2.45) is 0 Å². The topological polar surface area (TPSA) is 111 Å². The van der Waals surface area contributed by atoms with Crippen molar-refractivity contribution >= 4 is 57.5 Å². The van der Waals surface area contributed by atoms with Crippen molar-refractivity contribution in [1.82, 2.24) is 9.47 Å². The van der Waals surface area contributed by atoms with Crippen LogP contribution in [-0.2, 0) is 20.9 Å². The lowest BCUT2D eigenvalue weighted by molar-refractivity contribution is -0.127. The van der Waals surface area contributed by atoms with Crippen LogP contribution in [-0.4, -0.2) is 46.1 Å². The van der Waals surface area contributed by atoms with Gasteiger partial charge in [-0.2, -0.15) is 0 Å². The Morgan fingerprint density at radius 2 is 1.85 bits per heavy atom. The number of aromatic nitrogens is 1. The van der Waals surface area contributed by atoms with E-state index < -0.39 is 23.0 Å². The Labute approximate surface area is 228 Å². The molecule has 2 aromatic heterocycles. The number of esters is 1. The van der Waals surface area contributed by atoms with Gasteiger partial charge in [0.1, 0.15) is 12.3 Å². The number of anilines is 1. The number of amides is 3. The summed E-state index contributed by atoms with van der Waals surface area (Å²) in [5.74, 6) is -0.871. The average molecular weight is 544 g/mol. The van der Waals surface area contributed by atoms with Crippen molar-refractivity contribution in [3.8, 4) is 0 Å². The molecule has 5 rings (SSSR count). The molecule has 3 amide bonds. The van der Waals surface area contributed by atoms with Crippen molar-refractivity contribution < 1.29 is 28.3 Å². The minimum Gasteiger partial charge on any atom is -0.463 e. The van der Waals surface area contributed by atoms with Crippen LogP contribution in [0.2, 0.25) is 0 Å². The predicted octanol–water partition coefficient (Wildman–Crippen LogP) is 5.36. The lowest BCUT2D eigenvalue weighted by Gasteiger charge is -2.13. The fourth-order valence-corrected chi connectivity index (χ4v) is 5.13. The molecule has 0 radical (unpaired) electrons. The number of carbonyl (C=O) groups excluding carboxylic acids is 4. The Hall–Kier alpha value is -4.57. The zero-order valence-corrected chi connectivity index (χ0v) is 22.3. The van der Waals surface area contributed by atoms with Crippen LogP contribution >= 0.6 is 11.8 Å². The third-order valence-corrected chi connectivity index (χ3v) is 7.35. The number of rotatable bonds is 7. The van der Waals surface area contributed by atoms with E-state index in [0.717, 1.165) is 44.3 Å². The first-order valence-electron chi connectivity index (χ1n) is 12.1. The number of hydrogen-bond donors (Lipinski definition) is 1. The van der Waals surface area contributed by atoms with Crippen LogP contribution in [0.4, 0.5) is 10.5 Å². The molecule has 1 fully saturated rings. The minimum atomic E-state index is -0.558. The maximum Gasteiger partial charge on any atom is 0.373 e. The maximum atomic E-state index is 13.1. The van der Waals surface area contributed by atoms with Crippen molar-refractivity contribution in [3.05, 3.63) is 93.9 Å². The minimum absolute atomic E-state index is 0.111. The first kappa shape index (κ1) is 26.1. The number of fused-ring (bicyclic) bond motifs is 1. The molecule has 2 aromatic carbocycles. The number of benzene rings is 2. The Morgan fingerprint density at radius 3 is 2.62 bits per heavy atom. The summed E-state index contributed by atoms with van der Waals surface area (Å²) < 4.78 is 12.2. The van der Waals surface area contributed by atoms with E-state index in [2.05, 4.69) is 5.32 Å². The fraction of sp³-hybridized carbons (Fsp3) is 0.172. The molecule has 0 spiro atoms. The van der Waals surface area contributed by atoms with Crippen LogP contribution < -0.4 is 5.32 Å². The Bertz CT molecular complexity index is 1660. The summed E-state index contributed by atoms with van der Waals surface area (Å²) in [6, 6.07) is 16.4. The van der Waals surface area contributed by atoms with E-state index in [4.69, 9.17) is 9.15 Å². The van der Waals surface area contributed by atoms with Gasteiger partial charge in [0.25, 0.3) is 11.1 Å². The molecule has 0 atom stereocenters. The second kappa shape index (κ2) is 10.7. The molecule has 4 aromatic rings. The molecule has 1 aliphatic heterocycles. The fourth-order valence-electron chi connectivity index (χ4n) is 4.30. The number of nitrogens with zero attached hydrogens (tertiary/aromatic N) is 2. The van der Waals surface area contributed by atoms with Crippen LogP contribution in [0, 0.1) is 13.8 Å². The highest BCUT2D eigenvalue weighted by molar-refractivity contribution is 8.18. The van der Waals surface area contributed by atoms with Crippen LogP contribution in [0.25, 0.3) is 17.0 Å². The zero-order valence-electron chi connectivity index (χ0n) is 21.5. The molecular weight excluding hydrogens is 518 g/mol. The van der Waals surface area contributed by atoms with Gasteiger partial charge < -0.3 is 19.0 Å². The molecule has 39 heavy (non-hydrogen) atoms. The van der Waals surface area contributed by atoms with E-state index in [9.17, 15) is 19.2 Å². The molecule has 0 bridgehead atoms. The monoisotopic (exact) mass is 543 g/mol. The normalized spacial score (nSPS) is 14.4. The van der Waals surface area contributed by atoms with Gasteiger partial charge in [0, 0.05) is 28.4 Å². The molecule has 198 valence electrons. The quantitative estimate of drug-likeness (QED) is 0.247. The number of para-hydroxylation sites is 1. The SMILES string of the molecule is COC(=O)c1ccc(Cn2cc(/C=C3\SC(=O)N(CC(=O)Nc4ccc(C)c(C)c4)C3=O)c3ccccc32)o1. The zero-order chi connectivity index (χ0) is 27.7. The van der Waals surface area contributed by atoms with Crippen molar-refractivity contribution in [1.29, 1.82) is 0 Å². The van der Waals surface area contributed by atoms with Crippen LogP contribution in [0.3, 0.4) is 0 Å². The first-order chi connectivity index (χ1) is 18.7. The van der Waals surface area contributed by atoms with Gasteiger partial charge in [0.05, 0.1) is 18.6 Å². The summed E-state index contributed by atoms with van der Waals surface area (Å²) >= 11 is 0.800. The predicted molar refractivity (Wildman–Crippen MR) is 148 cm³/mol. The Morgan fingerprint density at radius 1 is 1.05 bits per heavy atom. The molecule has 3 heterocycles. The van der Waals surface area contributed by atoms with Crippen molar-refractivity contribution in [2.45, 2.75) is 20.4 Å². The van der Waals surface area contributed by atoms with Gasteiger partial charge in [0.2, 0.25) is 11.7 Å². The van der Waals surface area contributed by atoms with E-state index in [1.54, 1.807) is 24.3 Å². The summed E-state index contributed by atoms with van der Waals surface area (Å²) in [4.78, 5) is 51.3. The average Bonchev–Trinajstić information content (AvgIpc) is 3.60. The molecule has 0 unspecified atom stereocenters. The number of imide groups is 1. The van der Waals surface area contributed by atoms with Crippen LogP contribution in [0.1, 0.15) is 33.0 Å². The molecular formula is C29H25N3O6S. The first-order valence-corrected chi connectivity index (χ1v) is 12.9. The summed E-state index contributed by atoms with van der Waals surface area (Å²) in [5.41, 5.74) is 4.34. The lowest BCUT2D eigenvalue weighted by Crippen LogP contribution is -2.36. The smallest absolute Gasteiger partial charge is 0.373 e. The number of hydrogen-bond acceptors (Lipinski definition) is 7. The van der Waals surface area contributed by atoms with Crippen LogP contribution in [0.5, 0.6) is 0 Å². The van der Waals surface area contributed by atoms with E-state index in [-0.39, 0.29) is 17.2 Å². The lowest BCUT2D eigenvalue weighted by atomic mass is 10.1. The van der Waals surface area contributed by atoms with E-state index in [1.165, 1.54) is 7.11 Å². The summed E-state index contributed by atoms with van der Waals surface area (Å²) in [7, 11) is 1.29. The number of thioether (sulfide) groups is 1. The van der Waals surface area contributed by atoms with E-state index in [0.29, 0.717) is 18.0 Å². The van der Waals surface area contributed by atoms with Crippen LogP contribution in [0.15, 0.2) is 70.1 Å². The molecule has 10 heteroatoms. The molecule has 1 saturated heterocycles. The van der Waals surface area contributed by atoms with Crippen molar-refractivity contribution in [2.75, 3.05) is 19.0 Å². The maximum absolute atomic E-state index is 13.1. The number of carbonyl (C=O) groups is 4. The highest BCUT2D eigenvalue weighted by Gasteiger charge is 2.36. The summed E-state index contributed by atoms with van der Waals surface area (Å²) in [5, 5.41) is 3.12. The van der Waals surface area contributed by atoms with Gasteiger partial charge >= 0.3 is 5.97 Å². The Balaban J connectivity index is 1.35. The molecule has 0 saturated carbocycles. The second-order valence-electron chi connectivity index (χ2n) is 9.10. The van der Waals surface area contributed by atoms with Gasteiger partial charge in [0.15, 0.2) is 0 Å². The highest BCUT2D eigenvalue weighted by atomic mass is 32.2. The number of ether oxygens (including phenoxy) is 1. The number of aryl methyl sites for hydroxylation is 2. The van der Waals surface area contributed by atoms with Gasteiger partial charge in [-0.05, 0) is 73.1 Å². The summed E-state index contributed by atoms with van der Waals surface area (Å²) in [6.07, 6.45) is 3.51. The van der Waals surface area contributed by atoms with Gasteiger partial charge in [-0.15, -0.1) is 0 Å². The van der Waals surface area contributed by atoms with Gasteiger partial charge in [-0.25, -0.2) is 4.79 Å². The number of methoxy groups -OCH3 is 1. The molecule has 1 N–H and O–H groups in total. The van der Waals surface area contributed by atoms with Gasteiger partial charge in [-0.1, -0.05) is 24.3 Å². The molecule has 0 aliphatic carbocycles. The van der Waals surface area contributed by atoms with Crippen molar-refractivity contribution in [3.63, 3.8) is 0 Å². The number of furan rings is 1. The highest BCUT2D eigenvalue weighted by Crippen LogP contribution is 2.34. The van der Waals surface area contributed by atoms with E-state index in [1.807, 2.05) is 61.0 Å². The third kappa shape index (κ3) is 5.37. The van der Waals surface area contributed by atoms with E-state index >= 15 is 0 Å². The van der Waals surface area contributed by atoms with Gasteiger partial charge in [-0.3, -0.25) is 19.3 Å². The molecule has 1 aliphatic rings. The third-order valence-electron chi connectivity index (χ3n) is 6.45. The Kier molecular flexibility index (Phi) is 7.12. The number of nitrogens with one attached hydrogen (secondary N) is 1.